The van der Waals surface area contributed by atoms with Gasteiger partial charge in [-0.2, -0.15) is 13.2 Å². The lowest BCUT2D eigenvalue weighted by Gasteiger charge is -2.46. The van der Waals surface area contributed by atoms with Crippen LogP contribution in [0.5, 0.6) is 0 Å². The monoisotopic (exact) mass is 397 g/mol. The van der Waals surface area contributed by atoms with Crippen molar-refractivity contribution in [2.45, 2.75) is 50.0 Å². The maximum atomic E-state index is 12.7. The number of likely N-dealkylation sites (tertiary alicyclic amines) is 1. The fraction of sp³-hybridized carbons (Fsp3) is 0.550. The molecule has 2 aliphatic rings. The molecule has 1 aromatic rings. The third-order valence-corrected chi connectivity index (χ3v) is 5.42. The Bertz CT molecular complexity index is 709. The quantitative estimate of drug-likeness (QED) is 0.690. The van der Waals surface area contributed by atoms with Gasteiger partial charge in [0, 0.05) is 30.4 Å². The summed E-state index contributed by atoms with van der Waals surface area (Å²) in [6, 6.07) is 5.13. The minimum Gasteiger partial charge on any atom is -0.393 e. The van der Waals surface area contributed by atoms with Gasteiger partial charge in [-0.15, -0.1) is 0 Å². The van der Waals surface area contributed by atoms with Crippen molar-refractivity contribution in [2.75, 3.05) is 19.6 Å². The second-order valence-electron chi connectivity index (χ2n) is 7.62. The van der Waals surface area contributed by atoms with Crippen molar-refractivity contribution in [3.05, 3.63) is 47.7 Å². The fourth-order valence-electron chi connectivity index (χ4n) is 3.79. The Morgan fingerprint density at radius 3 is 2.54 bits per heavy atom. The van der Waals surface area contributed by atoms with E-state index in [2.05, 4.69) is 22.1 Å². The average molecular weight is 397 g/mol. The Morgan fingerprint density at radius 1 is 1.21 bits per heavy atom. The first-order valence-electron chi connectivity index (χ1n) is 9.54. The molecule has 1 aromatic carbocycles. The molecule has 8 heteroatoms. The first kappa shape index (κ1) is 20.7. The smallest absolute Gasteiger partial charge is 0.393 e. The van der Waals surface area contributed by atoms with Crippen molar-refractivity contribution < 1.29 is 23.1 Å². The van der Waals surface area contributed by atoms with Crippen LogP contribution < -0.4 is 10.6 Å². The van der Waals surface area contributed by atoms with Gasteiger partial charge in [0.25, 0.3) is 5.91 Å². The van der Waals surface area contributed by atoms with E-state index in [9.17, 15) is 23.1 Å². The minimum atomic E-state index is -4.48. The Morgan fingerprint density at radius 2 is 1.89 bits per heavy atom. The van der Waals surface area contributed by atoms with Crippen molar-refractivity contribution in [2.24, 2.45) is 0 Å². The number of aliphatic hydroxyl groups excluding tert-OH is 1. The van der Waals surface area contributed by atoms with Crippen LogP contribution >= 0.6 is 0 Å². The van der Waals surface area contributed by atoms with Crippen molar-refractivity contribution >= 4 is 5.91 Å². The molecule has 1 aliphatic carbocycles. The SMILES string of the molecule is C=C(CNC(=O)c1cccc(C(F)(F)F)c1)NC1CN(C2CCC(O)CC2)C1. The van der Waals surface area contributed by atoms with E-state index < -0.39 is 17.6 Å². The predicted molar refractivity (Wildman–Crippen MR) is 99.7 cm³/mol. The highest BCUT2D eigenvalue weighted by atomic mass is 19.4. The first-order valence-corrected chi connectivity index (χ1v) is 9.54. The molecule has 0 aromatic heterocycles. The summed E-state index contributed by atoms with van der Waals surface area (Å²) >= 11 is 0. The number of nitrogens with zero attached hydrogens (tertiary/aromatic N) is 1. The van der Waals surface area contributed by atoms with E-state index >= 15 is 0 Å². The molecule has 1 saturated carbocycles. The number of carbonyl (C=O) groups is 1. The lowest BCUT2D eigenvalue weighted by molar-refractivity contribution is -0.137. The fourth-order valence-corrected chi connectivity index (χ4v) is 3.79. The zero-order chi connectivity index (χ0) is 20.3. The number of benzene rings is 1. The van der Waals surface area contributed by atoms with Gasteiger partial charge in [0.05, 0.1) is 24.3 Å². The molecule has 1 saturated heterocycles. The molecule has 1 heterocycles. The van der Waals surface area contributed by atoms with Gasteiger partial charge in [-0.1, -0.05) is 12.6 Å². The zero-order valence-corrected chi connectivity index (χ0v) is 15.6. The largest absolute Gasteiger partial charge is 0.416 e. The number of hydrogen-bond acceptors (Lipinski definition) is 4. The number of nitrogens with one attached hydrogen (secondary N) is 2. The third-order valence-electron chi connectivity index (χ3n) is 5.42. The molecule has 0 radical (unpaired) electrons. The summed E-state index contributed by atoms with van der Waals surface area (Å²) in [5, 5.41) is 15.4. The zero-order valence-electron chi connectivity index (χ0n) is 15.6. The molecule has 0 atom stereocenters. The molecular formula is C20H26F3N3O2. The maximum Gasteiger partial charge on any atom is 0.416 e. The van der Waals surface area contributed by atoms with Crippen LogP contribution in [0.25, 0.3) is 0 Å². The third kappa shape index (κ3) is 5.26. The molecule has 28 heavy (non-hydrogen) atoms. The summed E-state index contributed by atoms with van der Waals surface area (Å²) in [5.74, 6) is -0.565. The summed E-state index contributed by atoms with van der Waals surface area (Å²) in [4.78, 5) is 14.5. The lowest BCUT2D eigenvalue weighted by Crippen LogP contribution is -2.61. The van der Waals surface area contributed by atoms with Crippen molar-refractivity contribution in [1.82, 2.24) is 15.5 Å². The van der Waals surface area contributed by atoms with Crippen LogP contribution in [0, 0.1) is 0 Å². The number of alkyl halides is 3. The van der Waals surface area contributed by atoms with Crippen LogP contribution in [0.15, 0.2) is 36.5 Å². The van der Waals surface area contributed by atoms with Gasteiger partial charge in [0.1, 0.15) is 0 Å². The van der Waals surface area contributed by atoms with Gasteiger partial charge < -0.3 is 15.7 Å². The summed E-state index contributed by atoms with van der Waals surface area (Å²) in [5.41, 5.74) is -0.247. The van der Waals surface area contributed by atoms with Gasteiger partial charge in [0.15, 0.2) is 0 Å². The van der Waals surface area contributed by atoms with Crippen LogP contribution in [0.3, 0.4) is 0 Å². The molecule has 154 valence electrons. The molecule has 1 aliphatic heterocycles. The highest BCUT2D eigenvalue weighted by Gasteiger charge is 2.34. The van der Waals surface area contributed by atoms with E-state index in [1.807, 2.05) is 0 Å². The van der Waals surface area contributed by atoms with Gasteiger partial charge in [-0.05, 0) is 43.9 Å². The Hall–Kier alpha value is -2.06. The van der Waals surface area contributed by atoms with Gasteiger partial charge in [-0.25, -0.2) is 0 Å². The van der Waals surface area contributed by atoms with Gasteiger partial charge in [-0.3, -0.25) is 9.69 Å². The van der Waals surface area contributed by atoms with Crippen LogP contribution in [0.1, 0.15) is 41.6 Å². The van der Waals surface area contributed by atoms with Crippen LogP contribution in [0.2, 0.25) is 0 Å². The summed E-state index contributed by atoms with van der Waals surface area (Å²) < 4.78 is 38.2. The van der Waals surface area contributed by atoms with E-state index in [0.29, 0.717) is 11.7 Å². The second-order valence-corrected chi connectivity index (χ2v) is 7.62. The van der Waals surface area contributed by atoms with E-state index in [1.165, 1.54) is 12.1 Å². The standard InChI is InChI=1S/C20H26F3N3O2/c1-13(25-16-11-26(12-16)17-5-7-18(27)8-6-17)10-24-19(28)14-3-2-4-15(9-14)20(21,22)23/h2-4,9,16-18,25,27H,1,5-8,10-12H2,(H,24,28). The van der Waals surface area contributed by atoms with Crippen LogP contribution in [-0.4, -0.2) is 53.7 Å². The number of aliphatic hydroxyl groups is 1. The second kappa shape index (κ2) is 8.53. The Labute approximate surface area is 162 Å². The molecular weight excluding hydrogens is 371 g/mol. The first-order chi connectivity index (χ1) is 13.2. The van der Waals surface area contributed by atoms with E-state index in [1.54, 1.807) is 0 Å². The lowest BCUT2D eigenvalue weighted by atomic mass is 9.89. The number of amides is 1. The van der Waals surface area contributed by atoms with E-state index in [0.717, 1.165) is 50.9 Å². The molecule has 2 fully saturated rings. The average Bonchev–Trinajstić information content (AvgIpc) is 2.63. The number of halogens is 3. The van der Waals surface area contributed by atoms with Gasteiger partial charge >= 0.3 is 6.18 Å². The molecule has 1 amide bonds. The maximum absolute atomic E-state index is 12.7. The summed E-state index contributed by atoms with van der Waals surface area (Å²) in [7, 11) is 0. The molecule has 0 unspecified atom stereocenters. The van der Waals surface area contributed by atoms with Crippen LogP contribution in [0.4, 0.5) is 13.2 Å². The topological polar surface area (TPSA) is 64.6 Å². The van der Waals surface area contributed by atoms with E-state index in [-0.39, 0.29) is 24.3 Å². The highest BCUT2D eigenvalue weighted by molar-refractivity contribution is 5.94. The van der Waals surface area contributed by atoms with Crippen molar-refractivity contribution in [3.8, 4) is 0 Å². The number of rotatable bonds is 6. The highest BCUT2D eigenvalue weighted by Crippen LogP contribution is 2.29. The molecule has 0 spiro atoms. The van der Waals surface area contributed by atoms with Crippen molar-refractivity contribution in [1.29, 1.82) is 0 Å². The molecule has 3 rings (SSSR count). The Balaban J connectivity index is 1.39. The normalized spacial score (nSPS) is 23.7. The Kier molecular flexibility index (Phi) is 6.30. The summed E-state index contributed by atoms with van der Waals surface area (Å²) in [6.07, 6.45) is -0.898. The van der Waals surface area contributed by atoms with Gasteiger partial charge in [0.2, 0.25) is 0 Å². The van der Waals surface area contributed by atoms with E-state index in [4.69, 9.17) is 0 Å². The molecule has 5 nitrogen and oxygen atoms in total. The molecule has 0 bridgehead atoms. The minimum absolute atomic E-state index is 0.0306. The molecule has 3 N–H and O–H groups in total. The number of hydrogen-bond donors (Lipinski definition) is 3. The number of carbonyl (C=O) groups excluding carboxylic acids is 1. The van der Waals surface area contributed by atoms with Crippen LogP contribution in [-0.2, 0) is 6.18 Å². The summed E-state index contributed by atoms with van der Waals surface area (Å²) in [6.45, 7) is 5.82. The van der Waals surface area contributed by atoms with Crippen molar-refractivity contribution in [3.63, 3.8) is 0 Å². The predicted octanol–water partition coefficient (Wildman–Crippen LogP) is 2.53.